The van der Waals surface area contributed by atoms with Crippen LogP contribution in [0.2, 0.25) is 5.15 Å². The first-order valence-corrected chi connectivity index (χ1v) is 6.21. The van der Waals surface area contributed by atoms with Crippen LogP contribution in [0.4, 0.5) is 0 Å². The van der Waals surface area contributed by atoms with Gasteiger partial charge in [-0.25, -0.2) is 0 Å². The first-order chi connectivity index (χ1) is 7.41. The average molecular weight is 244 g/mol. The molecule has 0 aliphatic rings. The molecule has 0 amide bonds. The number of nitrogens with one attached hydrogen (secondary N) is 1. The summed E-state index contributed by atoms with van der Waals surface area (Å²) in [6.07, 6.45) is 1.18. The fourth-order valence-electron chi connectivity index (χ4n) is 1.94. The molecule has 0 saturated carbocycles. The molecule has 0 bridgehead atoms. The Bertz CT molecular complexity index is 344. The maximum Gasteiger partial charge on any atom is 0.131 e. The molecule has 3 nitrogen and oxygen atoms in total. The van der Waals surface area contributed by atoms with Gasteiger partial charge in [-0.15, -0.1) is 0 Å². The van der Waals surface area contributed by atoms with Crippen LogP contribution in [0, 0.1) is 12.8 Å². The monoisotopic (exact) mass is 243 g/mol. The minimum Gasteiger partial charge on any atom is -0.310 e. The molecule has 0 fully saturated rings. The minimum atomic E-state index is 0.510. The van der Waals surface area contributed by atoms with Gasteiger partial charge in [0.2, 0.25) is 0 Å². The summed E-state index contributed by atoms with van der Waals surface area (Å²) >= 11 is 6.16. The molecular weight excluding hydrogens is 222 g/mol. The molecule has 92 valence electrons. The van der Waals surface area contributed by atoms with Gasteiger partial charge in [0.25, 0.3) is 0 Å². The van der Waals surface area contributed by atoms with Crippen molar-refractivity contribution in [2.45, 2.75) is 46.7 Å². The van der Waals surface area contributed by atoms with E-state index in [1.165, 1.54) is 6.42 Å². The Kier molecular flexibility index (Phi) is 4.81. The van der Waals surface area contributed by atoms with Gasteiger partial charge < -0.3 is 5.32 Å². The summed E-state index contributed by atoms with van der Waals surface area (Å²) in [5.74, 6) is 0.716. The molecule has 1 aromatic heterocycles. The number of nitrogens with zero attached hydrogens (tertiary/aromatic N) is 2. The first-order valence-electron chi connectivity index (χ1n) is 5.83. The number of halogens is 1. The SMILES string of the molecule is Cc1nn(C)c(Cl)c1CNC(C)CC(C)C. The van der Waals surface area contributed by atoms with Crippen LogP contribution in [0.3, 0.4) is 0 Å². The Morgan fingerprint density at radius 3 is 2.44 bits per heavy atom. The first kappa shape index (κ1) is 13.5. The summed E-state index contributed by atoms with van der Waals surface area (Å²) in [4.78, 5) is 0. The highest BCUT2D eigenvalue weighted by Crippen LogP contribution is 2.18. The third-order valence-corrected chi connectivity index (χ3v) is 3.19. The van der Waals surface area contributed by atoms with E-state index >= 15 is 0 Å². The highest BCUT2D eigenvalue weighted by Gasteiger charge is 2.12. The minimum absolute atomic E-state index is 0.510. The predicted octanol–water partition coefficient (Wildman–Crippen LogP) is 2.91. The molecule has 0 aromatic carbocycles. The van der Waals surface area contributed by atoms with Gasteiger partial charge in [0.15, 0.2) is 0 Å². The lowest BCUT2D eigenvalue weighted by molar-refractivity contribution is 0.441. The predicted molar refractivity (Wildman–Crippen MR) is 68.7 cm³/mol. The lowest BCUT2D eigenvalue weighted by atomic mass is 10.1. The van der Waals surface area contributed by atoms with E-state index in [1.807, 2.05) is 14.0 Å². The van der Waals surface area contributed by atoms with Gasteiger partial charge in [0, 0.05) is 25.2 Å². The zero-order valence-electron chi connectivity index (χ0n) is 10.8. The topological polar surface area (TPSA) is 29.9 Å². The molecular formula is C12H22ClN3. The molecule has 1 atom stereocenters. The molecule has 1 N–H and O–H groups in total. The number of aryl methyl sites for hydroxylation is 2. The largest absolute Gasteiger partial charge is 0.310 e. The van der Waals surface area contributed by atoms with E-state index in [4.69, 9.17) is 11.6 Å². The third-order valence-electron chi connectivity index (χ3n) is 2.72. The Morgan fingerprint density at radius 2 is 2.00 bits per heavy atom. The van der Waals surface area contributed by atoms with Crippen LogP contribution in [0.25, 0.3) is 0 Å². The van der Waals surface area contributed by atoms with Crippen molar-refractivity contribution in [2.24, 2.45) is 13.0 Å². The van der Waals surface area contributed by atoms with Crippen molar-refractivity contribution in [3.8, 4) is 0 Å². The quantitative estimate of drug-likeness (QED) is 0.862. The molecule has 0 spiro atoms. The maximum absolute atomic E-state index is 6.16. The molecule has 1 aromatic rings. The molecule has 0 radical (unpaired) electrons. The third kappa shape index (κ3) is 3.49. The molecule has 0 saturated heterocycles. The van der Waals surface area contributed by atoms with Gasteiger partial charge in [-0.2, -0.15) is 5.10 Å². The van der Waals surface area contributed by atoms with E-state index in [9.17, 15) is 0 Å². The lowest BCUT2D eigenvalue weighted by Crippen LogP contribution is -2.27. The van der Waals surface area contributed by atoms with Crippen LogP contribution in [0.15, 0.2) is 0 Å². The van der Waals surface area contributed by atoms with E-state index in [1.54, 1.807) is 4.68 Å². The van der Waals surface area contributed by atoms with E-state index < -0.39 is 0 Å². The van der Waals surface area contributed by atoms with Crippen molar-refractivity contribution in [2.75, 3.05) is 0 Å². The number of rotatable bonds is 5. The molecule has 1 heterocycles. The number of hydrogen-bond acceptors (Lipinski definition) is 2. The van der Waals surface area contributed by atoms with Crippen LogP contribution in [0.1, 0.15) is 38.4 Å². The highest BCUT2D eigenvalue weighted by atomic mass is 35.5. The second kappa shape index (κ2) is 5.69. The second-order valence-corrected chi connectivity index (χ2v) is 5.25. The molecule has 16 heavy (non-hydrogen) atoms. The Labute approximate surface area is 103 Å². The van der Waals surface area contributed by atoms with Gasteiger partial charge in [0.05, 0.1) is 5.69 Å². The highest BCUT2D eigenvalue weighted by molar-refractivity contribution is 6.30. The van der Waals surface area contributed by atoms with Crippen LogP contribution >= 0.6 is 11.6 Å². The van der Waals surface area contributed by atoms with Crippen LogP contribution in [0.5, 0.6) is 0 Å². The second-order valence-electron chi connectivity index (χ2n) is 4.89. The van der Waals surface area contributed by atoms with Gasteiger partial charge in [-0.05, 0) is 26.2 Å². The smallest absolute Gasteiger partial charge is 0.131 e. The van der Waals surface area contributed by atoms with Gasteiger partial charge in [-0.1, -0.05) is 25.4 Å². The maximum atomic E-state index is 6.16. The van der Waals surface area contributed by atoms with Crippen molar-refractivity contribution in [3.63, 3.8) is 0 Å². The Balaban J connectivity index is 2.54. The van der Waals surface area contributed by atoms with Crippen molar-refractivity contribution in [1.82, 2.24) is 15.1 Å². The molecule has 1 rings (SSSR count). The molecule has 4 heteroatoms. The normalized spacial score (nSPS) is 13.4. The summed E-state index contributed by atoms with van der Waals surface area (Å²) in [6.45, 7) is 9.48. The average Bonchev–Trinajstić information content (AvgIpc) is 2.38. The fourth-order valence-corrected chi connectivity index (χ4v) is 2.18. The van der Waals surface area contributed by atoms with E-state index in [0.717, 1.165) is 23.0 Å². The standard InChI is InChI=1S/C12H22ClN3/c1-8(2)6-9(3)14-7-11-10(4)15-16(5)12(11)13/h8-9,14H,6-7H2,1-5H3. The van der Waals surface area contributed by atoms with Crippen molar-refractivity contribution < 1.29 is 0 Å². The van der Waals surface area contributed by atoms with Crippen LogP contribution in [-0.2, 0) is 13.6 Å². The summed E-state index contributed by atoms with van der Waals surface area (Å²) in [6, 6.07) is 0.510. The van der Waals surface area contributed by atoms with E-state index in [2.05, 4.69) is 31.2 Å². The van der Waals surface area contributed by atoms with Gasteiger partial charge in [-0.3, -0.25) is 4.68 Å². The zero-order chi connectivity index (χ0) is 12.3. The van der Waals surface area contributed by atoms with Crippen LogP contribution in [-0.4, -0.2) is 15.8 Å². The summed E-state index contributed by atoms with van der Waals surface area (Å²) in [5, 5.41) is 8.52. The molecule has 0 aliphatic carbocycles. The van der Waals surface area contributed by atoms with E-state index in [-0.39, 0.29) is 0 Å². The van der Waals surface area contributed by atoms with Crippen molar-refractivity contribution in [1.29, 1.82) is 0 Å². The van der Waals surface area contributed by atoms with Crippen LogP contribution < -0.4 is 5.32 Å². The molecule has 1 unspecified atom stereocenters. The van der Waals surface area contributed by atoms with Crippen molar-refractivity contribution in [3.05, 3.63) is 16.4 Å². The zero-order valence-corrected chi connectivity index (χ0v) is 11.6. The Morgan fingerprint density at radius 1 is 1.38 bits per heavy atom. The summed E-state index contributed by atoms with van der Waals surface area (Å²) in [7, 11) is 1.87. The Hall–Kier alpha value is -0.540. The number of hydrogen-bond donors (Lipinski definition) is 1. The molecule has 0 aliphatic heterocycles. The van der Waals surface area contributed by atoms with Gasteiger partial charge in [0.1, 0.15) is 5.15 Å². The number of aromatic nitrogens is 2. The fraction of sp³-hybridized carbons (Fsp3) is 0.750. The lowest BCUT2D eigenvalue weighted by Gasteiger charge is -2.15. The summed E-state index contributed by atoms with van der Waals surface area (Å²) in [5.41, 5.74) is 2.12. The van der Waals surface area contributed by atoms with Gasteiger partial charge >= 0.3 is 0 Å². The van der Waals surface area contributed by atoms with Crippen molar-refractivity contribution >= 4 is 11.6 Å². The van der Waals surface area contributed by atoms with E-state index in [0.29, 0.717) is 12.0 Å². The summed E-state index contributed by atoms with van der Waals surface area (Å²) < 4.78 is 1.72.